The van der Waals surface area contributed by atoms with Crippen molar-refractivity contribution in [3.63, 3.8) is 0 Å². The lowest BCUT2D eigenvalue weighted by Gasteiger charge is -2.18. The Morgan fingerprint density at radius 3 is 2.32 bits per heavy atom. The van der Waals surface area contributed by atoms with Crippen LogP contribution in [0, 0.1) is 11.8 Å². The molecule has 3 rings (SSSR count). The monoisotopic (exact) mass is 344 g/mol. The number of nitrogens with one attached hydrogen (secondary N) is 3. The molecule has 0 radical (unpaired) electrons. The largest absolute Gasteiger partial charge is 0.335 e. The van der Waals surface area contributed by atoms with Crippen LogP contribution in [0.15, 0.2) is 24.3 Å². The van der Waals surface area contributed by atoms with Crippen molar-refractivity contribution < 1.29 is 9.59 Å². The van der Waals surface area contributed by atoms with E-state index < -0.39 is 0 Å². The zero-order chi connectivity index (χ0) is 17.8. The summed E-state index contributed by atoms with van der Waals surface area (Å²) in [5.41, 5.74) is 1.49. The van der Waals surface area contributed by atoms with Gasteiger partial charge in [0.25, 0.3) is 0 Å². The molecule has 0 bridgehead atoms. The van der Waals surface area contributed by atoms with Crippen molar-refractivity contribution in [1.82, 2.24) is 10.2 Å². The standard InChI is InChI=1S/C19H28N4O2/c1-13(2)11-23-10-9-14(12-23)18(24)20-15-3-5-16(6-4-15)21-19(25)22-17-7-8-17/h3-6,13-14,17H,7-12H2,1-2H3,(H,20,24)(H2,21,22,25)/t14-/m1/s1. The zero-order valence-electron chi connectivity index (χ0n) is 15.0. The van der Waals surface area contributed by atoms with Crippen LogP contribution < -0.4 is 16.0 Å². The molecule has 0 spiro atoms. The van der Waals surface area contributed by atoms with E-state index in [4.69, 9.17) is 0 Å². The average Bonchev–Trinajstić information content (AvgIpc) is 3.24. The first kappa shape index (κ1) is 17.7. The Balaban J connectivity index is 1.46. The lowest BCUT2D eigenvalue weighted by molar-refractivity contribution is -0.119. The van der Waals surface area contributed by atoms with Crippen LogP contribution in [0.25, 0.3) is 0 Å². The molecule has 0 unspecified atom stereocenters. The minimum absolute atomic E-state index is 0.0564. The average molecular weight is 344 g/mol. The van der Waals surface area contributed by atoms with Crippen LogP contribution in [-0.2, 0) is 4.79 Å². The smallest absolute Gasteiger partial charge is 0.319 e. The Labute approximate surface area is 149 Å². The van der Waals surface area contributed by atoms with Crippen molar-refractivity contribution in [2.75, 3.05) is 30.3 Å². The van der Waals surface area contributed by atoms with E-state index >= 15 is 0 Å². The van der Waals surface area contributed by atoms with E-state index in [1.807, 2.05) is 24.3 Å². The van der Waals surface area contributed by atoms with Gasteiger partial charge in [0.2, 0.25) is 5.91 Å². The van der Waals surface area contributed by atoms with E-state index in [1.165, 1.54) is 0 Å². The number of carbonyl (C=O) groups excluding carboxylic acids is 2. The van der Waals surface area contributed by atoms with Crippen molar-refractivity contribution in [2.24, 2.45) is 11.8 Å². The maximum absolute atomic E-state index is 12.4. The van der Waals surface area contributed by atoms with Gasteiger partial charge in [-0.15, -0.1) is 0 Å². The molecule has 1 aromatic carbocycles. The molecule has 2 fully saturated rings. The summed E-state index contributed by atoms with van der Waals surface area (Å²) in [5.74, 6) is 0.762. The predicted octanol–water partition coefficient (Wildman–Crippen LogP) is 2.89. The number of urea groups is 1. The molecule has 1 atom stereocenters. The Morgan fingerprint density at radius 1 is 1.08 bits per heavy atom. The van der Waals surface area contributed by atoms with E-state index in [1.54, 1.807) is 0 Å². The van der Waals surface area contributed by atoms with E-state index in [9.17, 15) is 9.59 Å². The number of likely N-dealkylation sites (tertiary alicyclic amines) is 1. The summed E-state index contributed by atoms with van der Waals surface area (Å²) in [6, 6.07) is 7.43. The number of hydrogen-bond donors (Lipinski definition) is 3. The minimum Gasteiger partial charge on any atom is -0.335 e. The fourth-order valence-electron chi connectivity index (χ4n) is 3.19. The molecule has 3 N–H and O–H groups in total. The molecular weight excluding hydrogens is 316 g/mol. The lowest BCUT2D eigenvalue weighted by atomic mass is 10.1. The summed E-state index contributed by atoms with van der Waals surface area (Å²) in [4.78, 5) is 26.5. The molecule has 1 heterocycles. The second-order valence-electron chi connectivity index (χ2n) is 7.58. The first-order valence-electron chi connectivity index (χ1n) is 9.20. The molecule has 2 aliphatic rings. The topological polar surface area (TPSA) is 73.5 Å². The summed E-state index contributed by atoms with van der Waals surface area (Å²) in [5, 5.41) is 8.67. The van der Waals surface area contributed by atoms with Crippen LogP contribution in [0.4, 0.5) is 16.2 Å². The Kier molecular flexibility index (Phi) is 5.58. The number of carbonyl (C=O) groups is 2. The molecule has 1 saturated carbocycles. The van der Waals surface area contributed by atoms with Crippen LogP contribution in [0.1, 0.15) is 33.1 Å². The Bertz CT molecular complexity index is 610. The fraction of sp³-hybridized carbons (Fsp3) is 0.579. The van der Waals surface area contributed by atoms with Crippen molar-refractivity contribution >= 4 is 23.3 Å². The van der Waals surface area contributed by atoms with Crippen LogP contribution >= 0.6 is 0 Å². The van der Waals surface area contributed by atoms with Gasteiger partial charge in [0.05, 0.1) is 5.92 Å². The minimum atomic E-state index is -0.171. The quantitative estimate of drug-likeness (QED) is 0.743. The summed E-state index contributed by atoms with van der Waals surface area (Å²) >= 11 is 0. The normalized spacial score (nSPS) is 20.5. The van der Waals surface area contributed by atoms with E-state index in [2.05, 4.69) is 34.7 Å². The highest BCUT2D eigenvalue weighted by Gasteiger charge is 2.28. The second-order valence-corrected chi connectivity index (χ2v) is 7.58. The number of amides is 3. The SMILES string of the molecule is CC(C)CN1CC[C@@H](C(=O)Nc2ccc(NC(=O)NC3CC3)cc2)C1. The van der Waals surface area contributed by atoms with Gasteiger partial charge >= 0.3 is 6.03 Å². The highest BCUT2D eigenvalue weighted by Crippen LogP contribution is 2.21. The summed E-state index contributed by atoms with van der Waals surface area (Å²) in [6.45, 7) is 7.29. The molecule has 25 heavy (non-hydrogen) atoms. The van der Waals surface area contributed by atoms with E-state index in [0.29, 0.717) is 12.0 Å². The molecule has 136 valence electrons. The number of benzene rings is 1. The van der Waals surface area contributed by atoms with Gasteiger partial charge in [0.1, 0.15) is 0 Å². The van der Waals surface area contributed by atoms with Gasteiger partial charge < -0.3 is 20.9 Å². The van der Waals surface area contributed by atoms with Gasteiger partial charge in [-0.3, -0.25) is 4.79 Å². The van der Waals surface area contributed by atoms with Crippen molar-refractivity contribution in [3.05, 3.63) is 24.3 Å². The molecule has 6 nitrogen and oxygen atoms in total. The first-order chi connectivity index (χ1) is 12.0. The molecule has 1 aliphatic carbocycles. The number of nitrogens with zero attached hydrogens (tertiary/aromatic N) is 1. The third-order valence-corrected chi connectivity index (χ3v) is 4.59. The summed E-state index contributed by atoms with van der Waals surface area (Å²) < 4.78 is 0. The molecule has 6 heteroatoms. The van der Waals surface area contributed by atoms with Crippen LogP contribution in [0.2, 0.25) is 0 Å². The highest BCUT2D eigenvalue weighted by molar-refractivity contribution is 5.94. The maximum atomic E-state index is 12.4. The van der Waals surface area contributed by atoms with E-state index in [0.717, 1.165) is 50.3 Å². The molecule has 1 saturated heterocycles. The van der Waals surface area contributed by atoms with Crippen LogP contribution in [-0.4, -0.2) is 42.5 Å². The molecule has 1 aromatic rings. The molecule has 1 aliphatic heterocycles. The fourth-order valence-corrected chi connectivity index (χ4v) is 3.19. The molecule has 0 aromatic heterocycles. The van der Waals surface area contributed by atoms with Gasteiger partial charge in [0.15, 0.2) is 0 Å². The molecule has 3 amide bonds. The van der Waals surface area contributed by atoms with E-state index in [-0.39, 0.29) is 17.9 Å². The number of rotatable bonds is 6. The van der Waals surface area contributed by atoms with Gasteiger partial charge in [0, 0.05) is 30.5 Å². The third-order valence-electron chi connectivity index (χ3n) is 4.59. The van der Waals surface area contributed by atoms with Crippen molar-refractivity contribution in [2.45, 2.75) is 39.2 Å². The lowest BCUT2D eigenvalue weighted by Crippen LogP contribution is -2.30. The Morgan fingerprint density at radius 2 is 1.72 bits per heavy atom. The number of anilines is 2. The summed E-state index contributed by atoms with van der Waals surface area (Å²) in [7, 11) is 0. The summed E-state index contributed by atoms with van der Waals surface area (Å²) in [6.07, 6.45) is 3.04. The maximum Gasteiger partial charge on any atom is 0.319 e. The second kappa shape index (κ2) is 7.87. The van der Waals surface area contributed by atoms with Crippen LogP contribution in [0.3, 0.4) is 0 Å². The van der Waals surface area contributed by atoms with Gasteiger partial charge in [-0.1, -0.05) is 13.8 Å². The van der Waals surface area contributed by atoms with Crippen molar-refractivity contribution in [1.29, 1.82) is 0 Å². The van der Waals surface area contributed by atoms with Crippen LogP contribution in [0.5, 0.6) is 0 Å². The zero-order valence-corrected chi connectivity index (χ0v) is 15.0. The number of hydrogen-bond acceptors (Lipinski definition) is 3. The third kappa shape index (κ3) is 5.46. The van der Waals surface area contributed by atoms with Crippen molar-refractivity contribution in [3.8, 4) is 0 Å². The molecular formula is C19H28N4O2. The first-order valence-corrected chi connectivity index (χ1v) is 9.20. The highest BCUT2D eigenvalue weighted by atomic mass is 16.2. The van der Waals surface area contributed by atoms with Gasteiger partial charge in [-0.2, -0.15) is 0 Å². The van der Waals surface area contributed by atoms with Gasteiger partial charge in [-0.05, 0) is 56.0 Å². The van der Waals surface area contributed by atoms with Gasteiger partial charge in [-0.25, -0.2) is 4.79 Å². The Hall–Kier alpha value is -2.08. The predicted molar refractivity (Wildman–Crippen MR) is 99.6 cm³/mol.